The number of hydrogen-bond acceptors (Lipinski definition) is 5. The van der Waals surface area contributed by atoms with Gasteiger partial charge in [-0.1, -0.05) is 0 Å². The second-order valence-corrected chi connectivity index (χ2v) is 7.60. The van der Waals surface area contributed by atoms with Crippen molar-refractivity contribution < 1.29 is 17.9 Å². The van der Waals surface area contributed by atoms with Crippen molar-refractivity contribution in [2.75, 3.05) is 37.0 Å². The topological polar surface area (TPSA) is 49.4 Å². The number of anilines is 3. The molecule has 0 unspecified atom stereocenters. The molecule has 0 amide bonds. The Morgan fingerprint density at radius 1 is 1.31 bits per heavy atom. The first-order chi connectivity index (χ1) is 13.8. The van der Waals surface area contributed by atoms with Crippen LogP contribution in [0.4, 0.5) is 30.2 Å². The van der Waals surface area contributed by atoms with Gasteiger partial charge >= 0.3 is 6.18 Å². The molecule has 1 aromatic carbocycles. The lowest BCUT2D eigenvalue weighted by Crippen LogP contribution is -2.42. The molecule has 5 nitrogen and oxygen atoms in total. The van der Waals surface area contributed by atoms with Crippen LogP contribution in [0, 0.1) is 6.92 Å². The zero-order valence-corrected chi connectivity index (χ0v) is 16.7. The number of ether oxygens (including phenoxy) is 1. The van der Waals surface area contributed by atoms with E-state index in [-0.39, 0.29) is 12.0 Å². The number of nitrogens with zero attached hydrogens (tertiary/aromatic N) is 2. The van der Waals surface area contributed by atoms with Gasteiger partial charge in [0.25, 0.3) is 0 Å². The van der Waals surface area contributed by atoms with Crippen molar-refractivity contribution in [1.29, 1.82) is 0 Å². The molecule has 8 heteroatoms. The van der Waals surface area contributed by atoms with Crippen LogP contribution in [0.15, 0.2) is 24.3 Å². The number of benzene rings is 1. The summed E-state index contributed by atoms with van der Waals surface area (Å²) in [7, 11) is 1.77. The highest BCUT2D eigenvalue weighted by atomic mass is 19.4. The maximum absolute atomic E-state index is 14.0. The molecule has 2 N–H and O–H groups in total. The Hall–Kier alpha value is -2.48. The summed E-state index contributed by atoms with van der Waals surface area (Å²) in [5.41, 5.74) is 2.15. The van der Waals surface area contributed by atoms with Crippen molar-refractivity contribution in [2.45, 2.75) is 38.4 Å². The average molecular weight is 406 g/mol. The van der Waals surface area contributed by atoms with Gasteiger partial charge < -0.3 is 20.3 Å². The minimum atomic E-state index is -4.44. The molecule has 29 heavy (non-hydrogen) atoms. The zero-order chi connectivity index (χ0) is 20.8. The Morgan fingerprint density at radius 3 is 2.83 bits per heavy atom. The van der Waals surface area contributed by atoms with Crippen LogP contribution in [-0.2, 0) is 6.18 Å². The van der Waals surface area contributed by atoms with Gasteiger partial charge in [-0.05, 0) is 56.6 Å². The molecule has 0 bridgehead atoms. The third-order valence-electron chi connectivity index (χ3n) is 5.70. The highest BCUT2D eigenvalue weighted by molar-refractivity contribution is 5.75. The van der Waals surface area contributed by atoms with Gasteiger partial charge in [0, 0.05) is 36.9 Å². The quantitative estimate of drug-likeness (QED) is 0.786. The predicted molar refractivity (Wildman–Crippen MR) is 107 cm³/mol. The van der Waals surface area contributed by atoms with Crippen LogP contribution in [0.5, 0.6) is 5.88 Å². The first-order valence-corrected chi connectivity index (χ1v) is 9.85. The normalized spacial score (nSPS) is 21.0. The summed E-state index contributed by atoms with van der Waals surface area (Å²) in [4.78, 5) is 6.17. The summed E-state index contributed by atoms with van der Waals surface area (Å²) in [5.74, 6) is 0.421. The molecule has 1 saturated heterocycles. The molecule has 0 spiro atoms. The first kappa shape index (κ1) is 19.8. The van der Waals surface area contributed by atoms with Crippen molar-refractivity contribution in [2.24, 2.45) is 0 Å². The van der Waals surface area contributed by atoms with Crippen LogP contribution in [-0.4, -0.2) is 37.8 Å². The lowest BCUT2D eigenvalue weighted by Gasteiger charge is -2.31. The van der Waals surface area contributed by atoms with Gasteiger partial charge in [0.05, 0.1) is 17.9 Å². The third-order valence-corrected chi connectivity index (χ3v) is 5.70. The number of likely N-dealkylation sites (N-methyl/N-ethyl adjacent to an activating group) is 1. The minimum Gasteiger partial charge on any atom is -0.476 e. The van der Waals surface area contributed by atoms with Gasteiger partial charge in [-0.25, -0.2) is 4.98 Å². The van der Waals surface area contributed by atoms with Crippen LogP contribution in [0.1, 0.15) is 36.1 Å². The first-order valence-electron chi connectivity index (χ1n) is 9.85. The van der Waals surface area contributed by atoms with E-state index in [2.05, 4.69) is 15.6 Å². The number of aromatic nitrogens is 1. The minimum absolute atomic E-state index is 0.0362. The molecule has 2 aromatic rings. The Labute approximate surface area is 168 Å². The second kappa shape index (κ2) is 7.40. The van der Waals surface area contributed by atoms with Crippen LogP contribution in [0.3, 0.4) is 0 Å². The predicted octanol–water partition coefficient (Wildman–Crippen LogP) is 4.45. The molecule has 1 aromatic heterocycles. The number of piperidine rings is 1. The van der Waals surface area contributed by atoms with Crippen LogP contribution in [0.25, 0.3) is 0 Å². The SMILES string of the molecule is CCOc1nc(C)ccc1Nc1cc2c(c(C(F)(F)F)c1)N(C)[C@H]1CCNC[C@@H]21. The number of halogens is 3. The van der Waals surface area contributed by atoms with E-state index >= 15 is 0 Å². The fourth-order valence-electron chi connectivity index (χ4n) is 4.44. The lowest BCUT2D eigenvalue weighted by molar-refractivity contribution is -0.137. The highest BCUT2D eigenvalue weighted by Crippen LogP contribution is 2.50. The van der Waals surface area contributed by atoms with Crippen molar-refractivity contribution >= 4 is 17.1 Å². The van der Waals surface area contributed by atoms with Crippen LogP contribution in [0.2, 0.25) is 0 Å². The molecule has 0 aliphatic carbocycles. The van der Waals surface area contributed by atoms with Crippen molar-refractivity contribution in [3.8, 4) is 5.88 Å². The molecule has 1 fully saturated rings. The Balaban J connectivity index is 1.79. The van der Waals surface area contributed by atoms with E-state index < -0.39 is 11.7 Å². The van der Waals surface area contributed by atoms with Crippen molar-refractivity contribution in [3.63, 3.8) is 0 Å². The fraction of sp³-hybridized carbons (Fsp3) is 0.476. The summed E-state index contributed by atoms with van der Waals surface area (Å²) in [6, 6.07) is 6.70. The van der Waals surface area contributed by atoms with Gasteiger partial charge in [0.1, 0.15) is 5.69 Å². The fourth-order valence-corrected chi connectivity index (χ4v) is 4.44. The summed E-state index contributed by atoms with van der Waals surface area (Å²) < 4.78 is 47.4. The average Bonchev–Trinajstić information content (AvgIpc) is 2.96. The van der Waals surface area contributed by atoms with E-state index in [0.29, 0.717) is 36.1 Å². The zero-order valence-electron chi connectivity index (χ0n) is 16.7. The number of alkyl halides is 3. The van der Waals surface area contributed by atoms with Crippen molar-refractivity contribution in [3.05, 3.63) is 41.1 Å². The van der Waals surface area contributed by atoms with Gasteiger partial charge in [0.15, 0.2) is 0 Å². The summed E-state index contributed by atoms with van der Waals surface area (Å²) in [6.45, 7) is 5.60. The van der Waals surface area contributed by atoms with Gasteiger partial charge in [-0.2, -0.15) is 13.2 Å². The Kier molecular flexibility index (Phi) is 5.06. The largest absolute Gasteiger partial charge is 0.476 e. The van der Waals surface area contributed by atoms with E-state index in [1.807, 2.05) is 24.8 Å². The number of hydrogen-bond donors (Lipinski definition) is 2. The van der Waals surface area contributed by atoms with Crippen molar-refractivity contribution in [1.82, 2.24) is 10.3 Å². The molecule has 0 radical (unpaired) electrons. The summed E-state index contributed by atoms with van der Waals surface area (Å²) in [6.07, 6.45) is -3.61. The molecule has 3 heterocycles. The summed E-state index contributed by atoms with van der Waals surface area (Å²) >= 11 is 0. The van der Waals surface area contributed by atoms with Gasteiger partial charge in [0.2, 0.25) is 5.88 Å². The molecular weight excluding hydrogens is 381 g/mol. The second-order valence-electron chi connectivity index (χ2n) is 7.60. The van der Waals surface area contributed by atoms with E-state index in [1.165, 1.54) is 6.07 Å². The number of nitrogens with one attached hydrogen (secondary N) is 2. The van der Waals surface area contributed by atoms with E-state index in [9.17, 15) is 13.2 Å². The molecule has 156 valence electrons. The molecule has 2 atom stereocenters. The number of fused-ring (bicyclic) bond motifs is 3. The van der Waals surface area contributed by atoms with Gasteiger partial charge in [-0.15, -0.1) is 0 Å². The van der Waals surface area contributed by atoms with E-state index in [0.717, 1.165) is 24.2 Å². The monoisotopic (exact) mass is 406 g/mol. The standard InChI is InChI=1S/C21H25F3N4O/c1-4-29-20-17(6-5-12(2)26-20)27-13-9-14-15-11-25-8-7-18(15)28(3)19(14)16(10-13)21(22,23)24/h5-6,9-10,15,18,25,27H,4,7-8,11H2,1-3H3/t15-,18-/m0/s1. The Morgan fingerprint density at radius 2 is 2.10 bits per heavy atom. The molecule has 2 aliphatic heterocycles. The maximum atomic E-state index is 14.0. The molecule has 4 rings (SSSR count). The highest BCUT2D eigenvalue weighted by Gasteiger charge is 2.45. The smallest absolute Gasteiger partial charge is 0.418 e. The number of rotatable bonds is 4. The molecule has 2 aliphatic rings. The lowest BCUT2D eigenvalue weighted by atomic mass is 9.89. The third kappa shape index (κ3) is 3.61. The number of aryl methyl sites for hydroxylation is 1. The molecular formula is C21H25F3N4O. The van der Waals surface area contributed by atoms with E-state index in [4.69, 9.17) is 4.74 Å². The van der Waals surface area contributed by atoms with E-state index in [1.54, 1.807) is 19.2 Å². The van der Waals surface area contributed by atoms with Crippen LogP contribution >= 0.6 is 0 Å². The molecule has 0 saturated carbocycles. The number of pyridine rings is 1. The summed E-state index contributed by atoms with van der Waals surface area (Å²) in [5, 5.41) is 6.43. The van der Waals surface area contributed by atoms with Gasteiger partial charge in [-0.3, -0.25) is 0 Å². The Bertz CT molecular complexity index is 916. The van der Waals surface area contributed by atoms with Crippen LogP contribution < -0.4 is 20.3 Å². The maximum Gasteiger partial charge on any atom is 0.418 e.